The van der Waals surface area contributed by atoms with Gasteiger partial charge in [0.25, 0.3) is 0 Å². The zero-order valence-electron chi connectivity index (χ0n) is 14.8. The maximum atomic E-state index is 13.0. The van der Waals surface area contributed by atoms with Crippen molar-refractivity contribution in [3.05, 3.63) is 0 Å². The molecule has 24 heavy (non-hydrogen) atoms. The van der Waals surface area contributed by atoms with E-state index in [9.17, 15) is 14.4 Å². The first-order chi connectivity index (χ1) is 11.3. The number of fused-ring (bicyclic) bond motifs is 1. The monoisotopic (exact) mass is 337 g/mol. The Morgan fingerprint density at radius 2 is 1.75 bits per heavy atom. The highest BCUT2D eigenvalue weighted by molar-refractivity contribution is 5.88. The average molecular weight is 337 g/mol. The van der Waals surface area contributed by atoms with Crippen LogP contribution in [0.25, 0.3) is 0 Å². The van der Waals surface area contributed by atoms with Gasteiger partial charge in [0.15, 0.2) is 0 Å². The summed E-state index contributed by atoms with van der Waals surface area (Å²) in [7, 11) is 3.37. The van der Waals surface area contributed by atoms with Gasteiger partial charge in [0.1, 0.15) is 6.61 Å². The molecule has 134 valence electrons. The second-order valence-electron chi connectivity index (χ2n) is 7.53. The molecule has 0 saturated carbocycles. The van der Waals surface area contributed by atoms with Gasteiger partial charge in [-0.3, -0.25) is 14.4 Å². The van der Waals surface area contributed by atoms with Crippen LogP contribution in [-0.2, 0) is 19.1 Å². The van der Waals surface area contributed by atoms with Crippen molar-refractivity contribution in [2.45, 2.75) is 26.2 Å². The molecule has 0 aromatic carbocycles. The predicted molar refractivity (Wildman–Crippen MR) is 87.1 cm³/mol. The fourth-order valence-electron chi connectivity index (χ4n) is 4.90. The molecule has 0 radical (unpaired) electrons. The second kappa shape index (κ2) is 6.02. The van der Waals surface area contributed by atoms with E-state index in [0.717, 1.165) is 25.8 Å². The quantitative estimate of drug-likeness (QED) is 0.708. The molecule has 3 rings (SSSR count). The van der Waals surface area contributed by atoms with Gasteiger partial charge >= 0.3 is 0 Å². The number of rotatable bonds is 2. The molecule has 0 aliphatic carbocycles. The van der Waals surface area contributed by atoms with Crippen molar-refractivity contribution in [2.75, 3.05) is 53.5 Å². The maximum absolute atomic E-state index is 13.0. The van der Waals surface area contributed by atoms with Gasteiger partial charge in [0.2, 0.25) is 17.7 Å². The molecule has 1 atom stereocenters. The molecule has 7 heteroatoms. The summed E-state index contributed by atoms with van der Waals surface area (Å²) in [4.78, 5) is 42.5. The van der Waals surface area contributed by atoms with Crippen LogP contribution in [-0.4, -0.2) is 85.9 Å². The topological polar surface area (TPSA) is 70.2 Å². The Bertz CT molecular complexity index is 556. The molecule has 0 bridgehead atoms. The molecule has 0 aromatic heterocycles. The largest absolute Gasteiger partial charge is 0.375 e. The summed E-state index contributed by atoms with van der Waals surface area (Å²) < 4.78 is 4.94. The minimum atomic E-state index is -0.468. The van der Waals surface area contributed by atoms with Gasteiger partial charge in [0.05, 0.1) is 5.41 Å². The first-order valence-electron chi connectivity index (χ1n) is 8.63. The smallest absolute Gasteiger partial charge is 0.248 e. The third-order valence-corrected chi connectivity index (χ3v) is 6.39. The van der Waals surface area contributed by atoms with Gasteiger partial charge in [-0.05, 0) is 19.3 Å². The first kappa shape index (κ1) is 17.2. The third kappa shape index (κ3) is 2.41. The lowest BCUT2D eigenvalue weighted by molar-refractivity contribution is -0.144. The Balaban J connectivity index is 1.84. The van der Waals surface area contributed by atoms with Gasteiger partial charge in [-0.1, -0.05) is 0 Å². The van der Waals surface area contributed by atoms with Crippen LogP contribution in [0, 0.1) is 10.8 Å². The fourth-order valence-corrected chi connectivity index (χ4v) is 4.90. The van der Waals surface area contributed by atoms with Gasteiger partial charge in [0, 0.05) is 59.2 Å². The molecule has 3 saturated heterocycles. The van der Waals surface area contributed by atoms with Crippen LogP contribution in [0.1, 0.15) is 26.2 Å². The average Bonchev–Trinajstić information content (AvgIpc) is 3.02. The van der Waals surface area contributed by atoms with Gasteiger partial charge in [-0.15, -0.1) is 0 Å². The Labute approximate surface area is 142 Å². The molecule has 3 heterocycles. The zero-order chi connectivity index (χ0) is 17.5. The van der Waals surface area contributed by atoms with E-state index in [1.165, 1.54) is 7.11 Å². The Morgan fingerprint density at radius 3 is 2.25 bits per heavy atom. The Kier molecular flexibility index (Phi) is 4.32. The van der Waals surface area contributed by atoms with Crippen molar-refractivity contribution in [2.24, 2.45) is 10.8 Å². The SMILES string of the molecule is COCC(=O)N1CCC2(CC1)CN(C(C)=O)C[C@@]21CCN(C)C1=O. The fraction of sp³-hybridized carbons (Fsp3) is 0.824. The normalized spacial score (nSPS) is 29.1. The van der Waals surface area contributed by atoms with Crippen molar-refractivity contribution >= 4 is 17.7 Å². The first-order valence-corrected chi connectivity index (χ1v) is 8.63. The number of piperidine rings is 1. The summed E-state index contributed by atoms with van der Waals surface area (Å²) in [6.45, 7) is 4.84. The van der Waals surface area contributed by atoms with Crippen LogP contribution in [0.2, 0.25) is 0 Å². The summed E-state index contributed by atoms with van der Waals surface area (Å²) in [5, 5.41) is 0. The summed E-state index contributed by atoms with van der Waals surface area (Å²) >= 11 is 0. The minimum absolute atomic E-state index is 0.00214. The van der Waals surface area contributed by atoms with E-state index < -0.39 is 5.41 Å². The zero-order valence-corrected chi connectivity index (χ0v) is 14.8. The highest BCUT2D eigenvalue weighted by Crippen LogP contribution is 2.57. The number of carbonyl (C=O) groups is 3. The van der Waals surface area contributed by atoms with Gasteiger partial charge < -0.3 is 19.4 Å². The van der Waals surface area contributed by atoms with Crippen LogP contribution in [0.5, 0.6) is 0 Å². The van der Waals surface area contributed by atoms with Crippen LogP contribution in [0.4, 0.5) is 0 Å². The number of hydrogen-bond donors (Lipinski definition) is 0. The van der Waals surface area contributed by atoms with Crippen molar-refractivity contribution in [1.82, 2.24) is 14.7 Å². The molecule has 3 fully saturated rings. The number of amides is 3. The lowest BCUT2D eigenvalue weighted by atomic mass is 9.60. The summed E-state index contributed by atoms with van der Waals surface area (Å²) in [6, 6.07) is 0. The van der Waals surface area contributed by atoms with E-state index in [-0.39, 0.29) is 29.7 Å². The molecular weight excluding hydrogens is 310 g/mol. The summed E-state index contributed by atoms with van der Waals surface area (Å²) in [5.41, 5.74) is -0.672. The number of carbonyl (C=O) groups excluding carboxylic acids is 3. The van der Waals surface area contributed by atoms with Crippen molar-refractivity contribution in [3.63, 3.8) is 0 Å². The van der Waals surface area contributed by atoms with Crippen LogP contribution in [0.3, 0.4) is 0 Å². The molecule has 3 aliphatic rings. The number of hydrogen-bond acceptors (Lipinski definition) is 4. The molecule has 2 spiro atoms. The molecule has 0 N–H and O–H groups in total. The third-order valence-electron chi connectivity index (χ3n) is 6.39. The second-order valence-corrected chi connectivity index (χ2v) is 7.53. The van der Waals surface area contributed by atoms with Crippen molar-refractivity contribution in [1.29, 1.82) is 0 Å². The van der Waals surface area contributed by atoms with Crippen LogP contribution < -0.4 is 0 Å². The highest BCUT2D eigenvalue weighted by atomic mass is 16.5. The van der Waals surface area contributed by atoms with Crippen LogP contribution in [0.15, 0.2) is 0 Å². The van der Waals surface area contributed by atoms with Gasteiger partial charge in [-0.25, -0.2) is 0 Å². The lowest BCUT2D eigenvalue weighted by Crippen LogP contribution is -2.53. The standard InChI is InChI=1S/C17H27N3O4/c1-13(21)20-11-16(17(12-20)6-7-18(2)15(17)23)4-8-19(9-5-16)14(22)10-24-3/h4-12H2,1-3H3/t17-/m1/s1. The molecule has 0 aromatic rings. The van der Waals surface area contributed by atoms with E-state index in [2.05, 4.69) is 0 Å². The van der Waals surface area contributed by atoms with Gasteiger partial charge in [-0.2, -0.15) is 0 Å². The van der Waals surface area contributed by atoms with Crippen molar-refractivity contribution in [3.8, 4) is 0 Å². The number of methoxy groups -OCH3 is 1. The van der Waals surface area contributed by atoms with Crippen molar-refractivity contribution < 1.29 is 19.1 Å². The number of ether oxygens (including phenoxy) is 1. The predicted octanol–water partition coefficient (Wildman–Crippen LogP) is -0.0478. The van der Waals surface area contributed by atoms with Crippen LogP contribution >= 0.6 is 0 Å². The molecular formula is C17H27N3O4. The number of nitrogens with zero attached hydrogens (tertiary/aromatic N) is 3. The van der Waals surface area contributed by atoms with E-state index in [4.69, 9.17) is 4.74 Å². The molecule has 3 aliphatic heterocycles. The summed E-state index contributed by atoms with van der Waals surface area (Å²) in [5.74, 6) is 0.201. The number of likely N-dealkylation sites (tertiary alicyclic amines) is 3. The van der Waals surface area contributed by atoms with E-state index in [1.807, 2.05) is 16.8 Å². The molecule has 3 amide bonds. The maximum Gasteiger partial charge on any atom is 0.248 e. The van der Waals surface area contributed by atoms with E-state index >= 15 is 0 Å². The van der Waals surface area contributed by atoms with E-state index in [0.29, 0.717) is 26.2 Å². The minimum Gasteiger partial charge on any atom is -0.375 e. The lowest BCUT2D eigenvalue weighted by Gasteiger charge is -2.46. The summed E-state index contributed by atoms with van der Waals surface area (Å²) in [6.07, 6.45) is 2.34. The molecule has 0 unspecified atom stereocenters. The molecule has 7 nitrogen and oxygen atoms in total. The Hall–Kier alpha value is -1.63. The Morgan fingerprint density at radius 1 is 1.08 bits per heavy atom. The van der Waals surface area contributed by atoms with E-state index in [1.54, 1.807) is 11.8 Å². The highest BCUT2D eigenvalue weighted by Gasteiger charge is 2.65.